The minimum atomic E-state index is -4.86. The van der Waals surface area contributed by atoms with Gasteiger partial charge in [-0.25, -0.2) is 22.8 Å². The van der Waals surface area contributed by atoms with E-state index in [-0.39, 0.29) is 4.68 Å². The topological polar surface area (TPSA) is 56.7 Å². The lowest BCUT2D eigenvalue weighted by Gasteiger charge is -2.11. The Balaban J connectivity index is 2.61. The van der Waals surface area contributed by atoms with Gasteiger partial charge in [0.25, 0.3) is 6.43 Å². The molecule has 10 heteroatoms. The van der Waals surface area contributed by atoms with Crippen molar-refractivity contribution < 1.29 is 26.3 Å². The van der Waals surface area contributed by atoms with E-state index in [0.717, 1.165) is 6.07 Å². The highest BCUT2D eigenvalue weighted by Gasteiger charge is 2.38. The summed E-state index contributed by atoms with van der Waals surface area (Å²) in [5.74, 6) is -1.93. The first kappa shape index (κ1) is 14.2. The predicted octanol–water partition coefficient (Wildman–Crippen LogP) is 2.95. The normalized spacial score (nSPS) is 12.2. The number of nitrogen functional groups attached to an aromatic ring is 1. The van der Waals surface area contributed by atoms with E-state index in [1.54, 1.807) is 0 Å². The minimum Gasteiger partial charge on any atom is -0.396 e. The second-order valence-electron chi connectivity index (χ2n) is 3.70. The Morgan fingerprint density at radius 3 is 2.40 bits per heavy atom. The number of anilines is 1. The first-order chi connectivity index (χ1) is 9.21. The van der Waals surface area contributed by atoms with Gasteiger partial charge in [-0.3, -0.25) is 0 Å². The standard InChI is InChI=1S/C10H6F6N4/c11-4-1-2-6(19-7(4)9(12)13)20-8(10(14,15)16)5(17)3-18-20/h1-3,9H,17H2. The maximum Gasteiger partial charge on any atom is 0.435 e. The molecule has 20 heavy (non-hydrogen) atoms. The summed E-state index contributed by atoms with van der Waals surface area (Å²) in [6.07, 6.45) is -7.42. The van der Waals surface area contributed by atoms with Crippen molar-refractivity contribution in [3.63, 3.8) is 0 Å². The maximum atomic E-state index is 13.1. The lowest BCUT2D eigenvalue weighted by atomic mass is 10.3. The number of aromatic nitrogens is 3. The molecule has 0 aromatic carbocycles. The number of nitrogens with zero attached hydrogens (tertiary/aromatic N) is 3. The molecule has 2 aromatic heterocycles. The fourth-order valence-corrected chi connectivity index (χ4v) is 1.54. The van der Waals surface area contributed by atoms with Crippen molar-refractivity contribution in [3.8, 4) is 5.82 Å². The van der Waals surface area contributed by atoms with E-state index in [1.807, 2.05) is 0 Å². The van der Waals surface area contributed by atoms with Gasteiger partial charge in [0.2, 0.25) is 0 Å². The number of hydrogen-bond acceptors (Lipinski definition) is 3. The van der Waals surface area contributed by atoms with Gasteiger partial charge in [0.1, 0.15) is 5.69 Å². The summed E-state index contributed by atoms with van der Waals surface area (Å²) in [6, 6.07) is 1.38. The number of alkyl halides is 5. The minimum absolute atomic E-state index is 0.237. The van der Waals surface area contributed by atoms with Gasteiger partial charge in [0, 0.05) is 0 Å². The highest BCUT2D eigenvalue weighted by molar-refractivity contribution is 5.46. The van der Waals surface area contributed by atoms with Crippen LogP contribution in [0.2, 0.25) is 0 Å². The molecule has 2 rings (SSSR count). The Morgan fingerprint density at radius 1 is 1.20 bits per heavy atom. The van der Waals surface area contributed by atoms with Crippen LogP contribution in [-0.2, 0) is 6.18 Å². The Hall–Kier alpha value is -2.26. The molecule has 0 saturated heterocycles. The van der Waals surface area contributed by atoms with E-state index in [4.69, 9.17) is 5.73 Å². The number of rotatable bonds is 2. The summed E-state index contributed by atoms with van der Waals surface area (Å²) in [5, 5.41) is 3.32. The summed E-state index contributed by atoms with van der Waals surface area (Å²) in [6.45, 7) is 0. The average molecular weight is 296 g/mol. The van der Waals surface area contributed by atoms with Crippen molar-refractivity contribution in [2.24, 2.45) is 0 Å². The zero-order chi connectivity index (χ0) is 15.1. The Labute approximate surface area is 107 Å². The summed E-state index contributed by atoms with van der Waals surface area (Å²) >= 11 is 0. The Morgan fingerprint density at radius 2 is 1.85 bits per heavy atom. The van der Waals surface area contributed by atoms with Crippen molar-refractivity contribution in [1.82, 2.24) is 14.8 Å². The van der Waals surface area contributed by atoms with Crippen LogP contribution in [0, 0.1) is 5.82 Å². The van der Waals surface area contributed by atoms with Crippen LogP contribution in [0.5, 0.6) is 0 Å². The zero-order valence-electron chi connectivity index (χ0n) is 9.50. The third-order valence-electron chi connectivity index (χ3n) is 2.35. The summed E-state index contributed by atoms with van der Waals surface area (Å²) in [7, 11) is 0. The highest BCUT2D eigenvalue weighted by atomic mass is 19.4. The molecule has 2 N–H and O–H groups in total. The first-order valence-corrected chi connectivity index (χ1v) is 5.07. The van der Waals surface area contributed by atoms with Crippen LogP contribution >= 0.6 is 0 Å². The van der Waals surface area contributed by atoms with E-state index in [1.165, 1.54) is 0 Å². The van der Waals surface area contributed by atoms with Crippen molar-refractivity contribution in [2.45, 2.75) is 12.6 Å². The number of nitrogens with two attached hydrogens (primary N) is 1. The van der Waals surface area contributed by atoms with Gasteiger partial charge < -0.3 is 5.73 Å². The van der Waals surface area contributed by atoms with Crippen LogP contribution in [0.15, 0.2) is 18.3 Å². The second-order valence-corrected chi connectivity index (χ2v) is 3.70. The zero-order valence-corrected chi connectivity index (χ0v) is 9.50. The molecule has 0 aliphatic rings. The highest BCUT2D eigenvalue weighted by Crippen LogP contribution is 2.34. The van der Waals surface area contributed by atoms with Gasteiger partial charge in [0.05, 0.1) is 11.9 Å². The molecule has 0 amide bonds. The average Bonchev–Trinajstić information content (AvgIpc) is 2.71. The van der Waals surface area contributed by atoms with Gasteiger partial charge in [-0.2, -0.15) is 18.3 Å². The van der Waals surface area contributed by atoms with Crippen LogP contribution in [0.1, 0.15) is 17.8 Å². The molecular weight excluding hydrogens is 290 g/mol. The van der Waals surface area contributed by atoms with Crippen LogP contribution in [0.4, 0.5) is 32.0 Å². The predicted molar refractivity (Wildman–Crippen MR) is 55.7 cm³/mol. The molecule has 2 aromatic rings. The Kier molecular flexibility index (Phi) is 3.32. The van der Waals surface area contributed by atoms with Gasteiger partial charge >= 0.3 is 6.18 Å². The molecule has 0 unspecified atom stereocenters. The van der Waals surface area contributed by atoms with Crippen LogP contribution in [-0.4, -0.2) is 14.8 Å². The van der Waals surface area contributed by atoms with E-state index >= 15 is 0 Å². The van der Waals surface area contributed by atoms with Gasteiger partial charge in [-0.1, -0.05) is 0 Å². The molecule has 0 spiro atoms. The maximum absolute atomic E-state index is 13.1. The molecule has 0 fully saturated rings. The van der Waals surface area contributed by atoms with Crippen LogP contribution in [0.25, 0.3) is 5.82 Å². The second kappa shape index (κ2) is 4.69. The molecule has 0 radical (unpaired) electrons. The van der Waals surface area contributed by atoms with Crippen molar-refractivity contribution in [2.75, 3.05) is 5.73 Å². The molecular formula is C10H6F6N4. The fraction of sp³-hybridized carbons (Fsp3) is 0.200. The van der Waals surface area contributed by atoms with Crippen LogP contribution < -0.4 is 5.73 Å². The monoisotopic (exact) mass is 296 g/mol. The molecule has 0 atom stereocenters. The number of hydrogen-bond donors (Lipinski definition) is 1. The molecule has 0 saturated carbocycles. The molecule has 108 valence electrons. The van der Waals surface area contributed by atoms with Gasteiger partial charge in [0.15, 0.2) is 17.3 Å². The van der Waals surface area contributed by atoms with E-state index in [2.05, 4.69) is 10.1 Å². The molecule has 0 aliphatic heterocycles. The quantitative estimate of drug-likeness (QED) is 0.867. The summed E-state index contributed by atoms with van der Waals surface area (Å²) in [5.41, 5.74) is 1.82. The number of halogens is 6. The lowest BCUT2D eigenvalue weighted by Crippen LogP contribution is -2.16. The third-order valence-corrected chi connectivity index (χ3v) is 2.35. The Bertz CT molecular complexity index is 633. The van der Waals surface area contributed by atoms with E-state index in [0.29, 0.717) is 12.3 Å². The lowest BCUT2D eigenvalue weighted by molar-refractivity contribution is -0.142. The number of pyridine rings is 1. The fourth-order valence-electron chi connectivity index (χ4n) is 1.54. The molecule has 4 nitrogen and oxygen atoms in total. The first-order valence-electron chi connectivity index (χ1n) is 5.07. The van der Waals surface area contributed by atoms with Gasteiger partial charge in [-0.05, 0) is 12.1 Å². The van der Waals surface area contributed by atoms with Gasteiger partial charge in [-0.15, -0.1) is 0 Å². The van der Waals surface area contributed by atoms with Crippen molar-refractivity contribution >= 4 is 5.69 Å². The molecule has 0 aliphatic carbocycles. The van der Waals surface area contributed by atoms with E-state index < -0.39 is 41.3 Å². The third kappa shape index (κ3) is 2.40. The van der Waals surface area contributed by atoms with Crippen molar-refractivity contribution in [1.29, 1.82) is 0 Å². The summed E-state index contributed by atoms with van der Waals surface area (Å²) in [4.78, 5) is 3.15. The SMILES string of the molecule is Nc1cnn(-c2ccc(F)c(C(F)F)n2)c1C(F)(F)F. The smallest absolute Gasteiger partial charge is 0.396 e. The summed E-state index contributed by atoms with van der Waals surface area (Å²) < 4.78 is 76.6. The van der Waals surface area contributed by atoms with Crippen molar-refractivity contribution in [3.05, 3.63) is 35.5 Å². The van der Waals surface area contributed by atoms with Crippen LogP contribution in [0.3, 0.4) is 0 Å². The largest absolute Gasteiger partial charge is 0.435 e. The van der Waals surface area contributed by atoms with E-state index in [9.17, 15) is 26.3 Å². The molecule has 0 bridgehead atoms. The molecule has 2 heterocycles.